The number of aromatic nitrogens is 1. The molecule has 0 spiro atoms. The van der Waals surface area contributed by atoms with Crippen molar-refractivity contribution in [2.75, 3.05) is 6.54 Å². The van der Waals surface area contributed by atoms with Crippen molar-refractivity contribution in [1.29, 1.82) is 0 Å². The third-order valence-electron chi connectivity index (χ3n) is 3.43. The van der Waals surface area contributed by atoms with Crippen LogP contribution in [0.1, 0.15) is 54.0 Å². The Balaban J connectivity index is 2.08. The fourth-order valence-corrected chi connectivity index (χ4v) is 2.03. The Hall–Kier alpha value is -1.91. The molecular formula is C15H20N2O3. The Labute approximate surface area is 118 Å². The van der Waals surface area contributed by atoms with Crippen LogP contribution in [0.2, 0.25) is 0 Å². The molecule has 5 heteroatoms. The number of hydrogen-bond donors (Lipinski definition) is 1. The van der Waals surface area contributed by atoms with Crippen LogP contribution in [-0.2, 0) is 0 Å². The van der Waals surface area contributed by atoms with E-state index in [9.17, 15) is 9.59 Å². The monoisotopic (exact) mass is 276 g/mol. The summed E-state index contributed by atoms with van der Waals surface area (Å²) in [6.07, 6.45) is 4.31. The van der Waals surface area contributed by atoms with Gasteiger partial charge in [-0.3, -0.25) is 9.78 Å². The van der Waals surface area contributed by atoms with Crippen LogP contribution >= 0.6 is 0 Å². The van der Waals surface area contributed by atoms with Crippen molar-refractivity contribution in [3.8, 4) is 0 Å². The van der Waals surface area contributed by atoms with Gasteiger partial charge in [0.2, 0.25) is 0 Å². The number of carbonyl (C=O) groups excluding carboxylic acids is 1. The second-order valence-corrected chi connectivity index (χ2v) is 5.65. The number of nitrogens with zero attached hydrogens (tertiary/aromatic N) is 2. The average Bonchev–Trinajstić information content (AvgIpc) is 3.23. The van der Waals surface area contributed by atoms with E-state index < -0.39 is 5.97 Å². The Morgan fingerprint density at radius 2 is 2.10 bits per heavy atom. The van der Waals surface area contributed by atoms with Gasteiger partial charge in [-0.25, -0.2) is 4.79 Å². The summed E-state index contributed by atoms with van der Waals surface area (Å²) < 4.78 is 0. The van der Waals surface area contributed by atoms with Gasteiger partial charge in [-0.2, -0.15) is 0 Å². The molecule has 0 atom stereocenters. The zero-order valence-electron chi connectivity index (χ0n) is 11.9. The number of carboxylic acid groups (broad SMARTS) is 1. The van der Waals surface area contributed by atoms with Gasteiger partial charge >= 0.3 is 5.97 Å². The first-order valence-corrected chi connectivity index (χ1v) is 6.99. The molecule has 1 saturated carbocycles. The smallest absolute Gasteiger partial charge is 0.337 e. The molecule has 1 aromatic rings. The molecule has 108 valence electrons. The first-order chi connectivity index (χ1) is 9.49. The van der Waals surface area contributed by atoms with Gasteiger partial charge in [0.05, 0.1) is 5.56 Å². The third kappa shape index (κ3) is 3.56. The van der Waals surface area contributed by atoms with Crippen LogP contribution in [0.25, 0.3) is 0 Å². The maximum Gasteiger partial charge on any atom is 0.337 e. The van der Waals surface area contributed by atoms with E-state index in [1.807, 2.05) is 4.90 Å². The minimum absolute atomic E-state index is 0.0925. The Kier molecular flexibility index (Phi) is 4.37. The van der Waals surface area contributed by atoms with E-state index in [-0.39, 0.29) is 11.5 Å². The van der Waals surface area contributed by atoms with Gasteiger partial charge < -0.3 is 10.0 Å². The van der Waals surface area contributed by atoms with Gasteiger partial charge in [0.15, 0.2) is 0 Å². The maximum atomic E-state index is 12.4. The lowest BCUT2D eigenvalue weighted by atomic mass is 10.1. The van der Waals surface area contributed by atoms with Crippen molar-refractivity contribution in [3.63, 3.8) is 0 Å². The van der Waals surface area contributed by atoms with Gasteiger partial charge in [0.1, 0.15) is 5.69 Å². The molecule has 0 aliphatic heterocycles. The van der Waals surface area contributed by atoms with Crippen LogP contribution in [0.15, 0.2) is 18.3 Å². The predicted molar refractivity (Wildman–Crippen MR) is 74.7 cm³/mol. The summed E-state index contributed by atoms with van der Waals surface area (Å²) in [5.41, 5.74) is 0.423. The van der Waals surface area contributed by atoms with Crippen LogP contribution in [-0.4, -0.2) is 39.5 Å². The van der Waals surface area contributed by atoms with E-state index in [1.54, 1.807) is 0 Å². The number of carbonyl (C=O) groups is 2. The van der Waals surface area contributed by atoms with Crippen molar-refractivity contribution in [2.24, 2.45) is 5.92 Å². The molecule has 1 aromatic heterocycles. The van der Waals surface area contributed by atoms with Crippen LogP contribution in [0.3, 0.4) is 0 Å². The second kappa shape index (κ2) is 6.03. The lowest BCUT2D eigenvalue weighted by molar-refractivity contribution is 0.0690. The molecule has 2 rings (SSSR count). The average molecular weight is 276 g/mol. The number of hydrogen-bond acceptors (Lipinski definition) is 3. The zero-order valence-corrected chi connectivity index (χ0v) is 11.9. The summed E-state index contributed by atoms with van der Waals surface area (Å²) in [5, 5.41) is 8.83. The lowest BCUT2D eigenvalue weighted by Crippen LogP contribution is -2.35. The number of rotatable bonds is 6. The number of pyridine rings is 1. The molecule has 0 unspecified atom stereocenters. The molecule has 0 radical (unpaired) electrons. The fraction of sp³-hybridized carbons (Fsp3) is 0.533. The Bertz CT molecular complexity index is 492. The fourth-order valence-electron chi connectivity index (χ4n) is 2.03. The normalized spacial score (nSPS) is 14.3. The Morgan fingerprint density at radius 3 is 2.55 bits per heavy atom. The van der Waals surface area contributed by atoms with Gasteiger partial charge in [-0.1, -0.05) is 13.8 Å². The summed E-state index contributed by atoms with van der Waals surface area (Å²) >= 11 is 0. The molecule has 1 aliphatic carbocycles. The van der Waals surface area contributed by atoms with E-state index in [2.05, 4.69) is 18.8 Å². The maximum absolute atomic E-state index is 12.4. The van der Waals surface area contributed by atoms with Gasteiger partial charge in [0.25, 0.3) is 5.91 Å². The molecule has 1 amide bonds. The topological polar surface area (TPSA) is 70.5 Å². The van der Waals surface area contributed by atoms with Crippen molar-refractivity contribution < 1.29 is 14.7 Å². The largest absolute Gasteiger partial charge is 0.478 e. The van der Waals surface area contributed by atoms with Crippen LogP contribution in [0.5, 0.6) is 0 Å². The zero-order chi connectivity index (χ0) is 14.7. The van der Waals surface area contributed by atoms with Gasteiger partial charge in [0, 0.05) is 18.8 Å². The molecule has 20 heavy (non-hydrogen) atoms. The molecule has 0 bridgehead atoms. The highest BCUT2D eigenvalue weighted by molar-refractivity contribution is 5.94. The molecular weight excluding hydrogens is 256 g/mol. The SMILES string of the molecule is CC(C)CCN(C(=O)c1ccc(C(=O)O)cn1)C1CC1. The van der Waals surface area contributed by atoms with Gasteiger partial charge in [-0.15, -0.1) is 0 Å². The summed E-state index contributed by atoms with van der Waals surface area (Å²) in [5.74, 6) is -0.577. The highest BCUT2D eigenvalue weighted by Gasteiger charge is 2.33. The molecule has 0 saturated heterocycles. The molecule has 0 aromatic carbocycles. The van der Waals surface area contributed by atoms with Crippen LogP contribution < -0.4 is 0 Å². The molecule has 1 N–H and O–H groups in total. The predicted octanol–water partition coefficient (Wildman–Crippen LogP) is 2.43. The lowest BCUT2D eigenvalue weighted by Gasteiger charge is -2.23. The highest BCUT2D eigenvalue weighted by Crippen LogP contribution is 2.28. The minimum Gasteiger partial charge on any atom is -0.478 e. The second-order valence-electron chi connectivity index (χ2n) is 5.65. The summed E-state index contributed by atoms with van der Waals surface area (Å²) in [6, 6.07) is 3.26. The standard InChI is InChI=1S/C15H20N2O3/c1-10(2)7-8-17(12-4-5-12)14(18)13-6-3-11(9-16-13)15(19)20/h3,6,9-10,12H,4-5,7-8H2,1-2H3,(H,19,20). The number of amides is 1. The van der Waals surface area contributed by atoms with E-state index in [1.165, 1.54) is 18.3 Å². The van der Waals surface area contributed by atoms with E-state index in [4.69, 9.17) is 5.11 Å². The van der Waals surface area contributed by atoms with Crippen molar-refractivity contribution in [2.45, 2.75) is 39.2 Å². The highest BCUT2D eigenvalue weighted by atomic mass is 16.4. The summed E-state index contributed by atoms with van der Waals surface area (Å²) in [6.45, 7) is 5.01. The molecule has 5 nitrogen and oxygen atoms in total. The van der Waals surface area contributed by atoms with Crippen LogP contribution in [0.4, 0.5) is 0 Å². The molecule has 1 aliphatic rings. The quantitative estimate of drug-likeness (QED) is 0.866. The molecule has 1 heterocycles. The first-order valence-electron chi connectivity index (χ1n) is 6.99. The molecule has 1 fully saturated rings. The van der Waals surface area contributed by atoms with E-state index in [0.717, 1.165) is 25.8 Å². The number of aromatic carboxylic acids is 1. The van der Waals surface area contributed by atoms with Gasteiger partial charge in [-0.05, 0) is 37.3 Å². The van der Waals surface area contributed by atoms with E-state index in [0.29, 0.717) is 17.7 Å². The minimum atomic E-state index is -1.03. The summed E-state index contributed by atoms with van der Waals surface area (Å²) in [4.78, 5) is 29.1. The first kappa shape index (κ1) is 14.5. The van der Waals surface area contributed by atoms with Crippen molar-refractivity contribution >= 4 is 11.9 Å². The Morgan fingerprint density at radius 1 is 1.40 bits per heavy atom. The number of carboxylic acids is 1. The summed E-state index contributed by atoms with van der Waals surface area (Å²) in [7, 11) is 0. The van der Waals surface area contributed by atoms with Crippen LogP contribution in [0, 0.1) is 5.92 Å². The van der Waals surface area contributed by atoms with Crippen molar-refractivity contribution in [3.05, 3.63) is 29.6 Å². The van der Waals surface area contributed by atoms with E-state index >= 15 is 0 Å². The third-order valence-corrected chi connectivity index (χ3v) is 3.43. The van der Waals surface area contributed by atoms with Crippen molar-refractivity contribution in [1.82, 2.24) is 9.88 Å².